The van der Waals surface area contributed by atoms with Gasteiger partial charge in [-0.1, -0.05) is 0 Å². The van der Waals surface area contributed by atoms with E-state index in [-0.39, 0.29) is 6.42 Å². The van der Waals surface area contributed by atoms with Crippen molar-refractivity contribution in [3.05, 3.63) is 23.6 Å². The number of thiazole rings is 1. The van der Waals surface area contributed by atoms with E-state index in [2.05, 4.69) is 15.0 Å². The maximum atomic E-state index is 10.4. The third-order valence-electron chi connectivity index (χ3n) is 1.61. The lowest BCUT2D eigenvalue weighted by atomic mass is 10.3. The van der Waals surface area contributed by atoms with Crippen LogP contribution in [0.5, 0.6) is 0 Å². The summed E-state index contributed by atoms with van der Waals surface area (Å²) in [6.07, 6.45) is 3.18. The molecule has 2 aromatic heterocycles. The summed E-state index contributed by atoms with van der Waals surface area (Å²) in [5.74, 6) is -0.869. The van der Waals surface area contributed by atoms with Gasteiger partial charge in [-0.2, -0.15) is 0 Å². The van der Waals surface area contributed by atoms with Crippen LogP contribution in [-0.2, 0) is 11.2 Å². The molecule has 0 aliphatic heterocycles. The summed E-state index contributed by atoms with van der Waals surface area (Å²) in [6.45, 7) is 0. The number of aliphatic carboxylic acids is 1. The Bertz CT molecular complexity index is 435. The van der Waals surface area contributed by atoms with Gasteiger partial charge in [-0.3, -0.25) is 4.79 Å². The average molecular weight is 209 g/mol. The standard InChI is InChI=1S/C8H7N3O2S/c12-7(13)1-5-3-14-8(11-5)6-2-9-4-10-6/h2-4H,1H2,(H,9,10)(H,12,13). The SMILES string of the molecule is O=C(O)Cc1csc(-c2cnc[nH]2)n1. The van der Waals surface area contributed by atoms with Gasteiger partial charge in [0.2, 0.25) is 0 Å². The van der Waals surface area contributed by atoms with Crippen LogP contribution in [0.2, 0.25) is 0 Å². The highest BCUT2D eigenvalue weighted by Crippen LogP contribution is 2.20. The molecule has 0 bridgehead atoms. The molecule has 0 aliphatic carbocycles. The first-order chi connectivity index (χ1) is 6.75. The van der Waals surface area contributed by atoms with Gasteiger partial charge in [0.1, 0.15) is 5.01 Å². The van der Waals surface area contributed by atoms with Gasteiger partial charge in [0, 0.05) is 5.38 Å². The van der Waals surface area contributed by atoms with E-state index < -0.39 is 5.97 Å². The summed E-state index contributed by atoms with van der Waals surface area (Å²) in [7, 11) is 0. The highest BCUT2D eigenvalue weighted by Gasteiger charge is 2.07. The molecule has 0 saturated carbocycles. The van der Waals surface area contributed by atoms with Crippen molar-refractivity contribution in [2.24, 2.45) is 0 Å². The number of nitrogens with one attached hydrogen (secondary N) is 1. The number of rotatable bonds is 3. The zero-order chi connectivity index (χ0) is 9.97. The van der Waals surface area contributed by atoms with Crippen molar-refractivity contribution in [2.75, 3.05) is 0 Å². The average Bonchev–Trinajstić information content (AvgIpc) is 2.69. The van der Waals surface area contributed by atoms with Crippen LogP contribution < -0.4 is 0 Å². The lowest BCUT2D eigenvalue weighted by Gasteiger charge is -1.88. The maximum absolute atomic E-state index is 10.4. The Morgan fingerprint density at radius 3 is 3.14 bits per heavy atom. The van der Waals surface area contributed by atoms with Crippen LogP contribution >= 0.6 is 11.3 Å². The van der Waals surface area contributed by atoms with Crippen molar-refractivity contribution in [1.29, 1.82) is 0 Å². The normalized spacial score (nSPS) is 10.3. The molecule has 0 unspecified atom stereocenters. The zero-order valence-corrected chi connectivity index (χ0v) is 7.91. The molecule has 2 rings (SSSR count). The van der Waals surface area contributed by atoms with Crippen molar-refractivity contribution < 1.29 is 9.90 Å². The highest BCUT2D eigenvalue weighted by atomic mass is 32.1. The van der Waals surface area contributed by atoms with Crippen LogP contribution in [-0.4, -0.2) is 26.0 Å². The van der Waals surface area contributed by atoms with Crippen molar-refractivity contribution in [3.63, 3.8) is 0 Å². The molecular formula is C8H7N3O2S. The van der Waals surface area contributed by atoms with Crippen LogP contribution in [0.4, 0.5) is 0 Å². The number of carboxylic acid groups (broad SMARTS) is 1. The second-order valence-electron chi connectivity index (χ2n) is 2.68. The number of carboxylic acids is 1. The van der Waals surface area contributed by atoms with Crippen LogP contribution in [0.3, 0.4) is 0 Å². The number of H-pyrrole nitrogens is 1. The number of carbonyl (C=O) groups is 1. The molecule has 14 heavy (non-hydrogen) atoms. The number of hydrogen-bond acceptors (Lipinski definition) is 4. The largest absolute Gasteiger partial charge is 0.481 e. The van der Waals surface area contributed by atoms with Gasteiger partial charge in [0.05, 0.1) is 30.3 Å². The third kappa shape index (κ3) is 1.80. The molecule has 0 atom stereocenters. The quantitative estimate of drug-likeness (QED) is 0.795. The Morgan fingerprint density at radius 2 is 2.50 bits per heavy atom. The monoisotopic (exact) mass is 209 g/mol. The molecule has 6 heteroatoms. The predicted molar refractivity (Wildman–Crippen MR) is 51.0 cm³/mol. The van der Waals surface area contributed by atoms with Crippen LogP contribution in [0.1, 0.15) is 5.69 Å². The Labute approximate surface area is 83.5 Å². The minimum Gasteiger partial charge on any atom is -0.481 e. The van der Waals surface area contributed by atoms with E-state index in [0.29, 0.717) is 5.69 Å². The molecule has 5 nitrogen and oxygen atoms in total. The van der Waals surface area contributed by atoms with Crippen molar-refractivity contribution >= 4 is 17.3 Å². The van der Waals surface area contributed by atoms with E-state index in [1.54, 1.807) is 17.9 Å². The highest BCUT2D eigenvalue weighted by molar-refractivity contribution is 7.13. The fourth-order valence-corrected chi connectivity index (χ4v) is 1.83. The first-order valence-electron chi connectivity index (χ1n) is 3.90. The molecule has 0 aromatic carbocycles. The molecule has 2 aromatic rings. The van der Waals surface area contributed by atoms with Gasteiger partial charge < -0.3 is 10.1 Å². The summed E-state index contributed by atoms with van der Waals surface area (Å²) < 4.78 is 0. The Hall–Kier alpha value is -1.69. The molecule has 0 spiro atoms. The lowest BCUT2D eigenvalue weighted by Crippen LogP contribution is -1.99. The Morgan fingerprint density at radius 1 is 1.64 bits per heavy atom. The van der Waals surface area contributed by atoms with E-state index >= 15 is 0 Å². The number of aromatic amines is 1. The van der Waals surface area contributed by atoms with E-state index in [1.807, 2.05) is 0 Å². The molecule has 0 saturated heterocycles. The first-order valence-corrected chi connectivity index (χ1v) is 4.78. The molecule has 2 N–H and O–H groups in total. The fraction of sp³-hybridized carbons (Fsp3) is 0.125. The van der Waals surface area contributed by atoms with Crippen LogP contribution in [0.15, 0.2) is 17.9 Å². The van der Waals surface area contributed by atoms with Gasteiger partial charge >= 0.3 is 5.97 Å². The van der Waals surface area contributed by atoms with E-state index in [9.17, 15) is 4.79 Å². The first kappa shape index (κ1) is 8.89. The maximum Gasteiger partial charge on any atom is 0.309 e. The van der Waals surface area contributed by atoms with Crippen molar-refractivity contribution in [2.45, 2.75) is 6.42 Å². The van der Waals surface area contributed by atoms with Crippen LogP contribution in [0, 0.1) is 0 Å². The summed E-state index contributed by atoms with van der Waals surface area (Å²) in [6, 6.07) is 0. The summed E-state index contributed by atoms with van der Waals surface area (Å²) in [4.78, 5) is 21.3. The zero-order valence-electron chi connectivity index (χ0n) is 7.10. The summed E-state index contributed by atoms with van der Waals surface area (Å²) >= 11 is 1.40. The van der Waals surface area contributed by atoms with Crippen molar-refractivity contribution in [1.82, 2.24) is 15.0 Å². The number of hydrogen-bond donors (Lipinski definition) is 2. The Balaban J connectivity index is 2.22. The van der Waals surface area contributed by atoms with Gasteiger partial charge in [0.15, 0.2) is 0 Å². The van der Waals surface area contributed by atoms with E-state index in [1.165, 1.54) is 11.3 Å². The molecule has 0 fully saturated rings. The Kier molecular flexibility index (Phi) is 2.28. The topological polar surface area (TPSA) is 78.9 Å². The van der Waals surface area contributed by atoms with E-state index in [0.717, 1.165) is 10.7 Å². The fourth-order valence-electron chi connectivity index (χ4n) is 1.04. The number of nitrogens with zero attached hydrogens (tertiary/aromatic N) is 2. The molecule has 0 aliphatic rings. The molecular weight excluding hydrogens is 202 g/mol. The second-order valence-corrected chi connectivity index (χ2v) is 3.54. The summed E-state index contributed by atoms with van der Waals surface area (Å²) in [5.41, 5.74) is 1.39. The molecule has 2 heterocycles. The molecule has 72 valence electrons. The second kappa shape index (κ2) is 3.59. The minimum atomic E-state index is -0.869. The lowest BCUT2D eigenvalue weighted by molar-refractivity contribution is -0.136. The van der Waals surface area contributed by atoms with Gasteiger partial charge in [-0.15, -0.1) is 11.3 Å². The van der Waals surface area contributed by atoms with Gasteiger partial charge in [0.25, 0.3) is 0 Å². The predicted octanol–water partition coefficient (Wildman–Crippen LogP) is 1.16. The van der Waals surface area contributed by atoms with Crippen molar-refractivity contribution in [3.8, 4) is 10.7 Å². The van der Waals surface area contributed by atoms with E-state index in [4.69, 9.17) is 5.11 Å². The smallest absolute Gasteiger partial charge is 0.309 e. The van der Waals surface area contributed by atoms with Crippen LogP contribution in [0.25, 0.3) is 10.7 Å². The molecule has 0 amide bonds. The van der Waals surface area contributed by atoms with Gasteiger partial charge in [-0.25, -0.2) is 9.97 Å². The summed E-state index contributed by atoms with van der Waals surface area (Å²) in [5, 5.41) is 11.1. The van der Waals surface area contributed by atoms with Gasteiger partial charge in [-0.05, 0) is 0 Å². The molecule has 0 radical (unpaired) electrons. The third-order valence-corrected chi connectivity index (χ3v) is 2.54. The number of aromatic nitrogens is 3. The number of imidazole rings is 1. The minimum absolute atomic E-state index is 0.0371.